The van der Waals surface area contributed by atoms with Crippen LogP contribution in [0.2, 0.25) is 10.3 Å². The van der Waals surface area contributed by atoms with Crippen LogP contribution in [0.15, 0.2) is 6.20 Å². The Bertz CT molecular complexity index is 622. The number of halogens is 2. The molecule has 2 aromatic heterocycles. The van der Waals surface area contributed by atoms with Crippen LogP contribution in [0.25, 0.3) is 11.4 Å². The first-order valence-corrected chi connectivity index (χ1v) is 7.55. The first kappa shape index (κ1) is 13.8. The summed E-state index contributed by atoms with van der Waals surface area (Å²) in [6.45, 7) is 1.92. The molecule has 20 heavy (non-hydrogen) atoms. The molecule has 1 fully saturated rings. The highest BCUT2D eigenvalue weighted by atomic mass is 35.5. The molecular formula is C14H16Cl2N4. The third-order valence-corrected chi connectivity index (χ3v) is 4.45. The molecular weight excluding hydrogens is 295 g/mol. The Kier molecular flexibility index (Phi) is 3.69. The Hall–Kier alpha value is -1.13. The summed E-state index contributed by atoms with van der Waals surface area (Å²) in [6.07, 6.45) is 6.57. The Balaban J connectivity index is 2.05. The third-order valence-electron chi connectivity index (χ3n) is 3.87. The van der Waals surface area contributed by atoms with Crippen molar-refractivity contribution < 1.29 is 0 Å². The van der Waals surface area contributed by atoms with Crippen LogP contribution in [-0.4, -0.2) is 19.7 Å². The monoisotopic (exact) mass is 310 g/mol. The van der Waals surface area contributed by atoms with E-state index >= 15 is 0 Å². The van der Waals surface area contributed by atoms with E-state index < -0.39 is 0 Å². The van der Waals surface area contributed by atoms with E-state index in [0.717, 1.165) is 29.7 Å². The van der Waals surface area contributed by atoms with E-state index in [9.17, 15) is 0 Å². The minimum atomic E-state index is 0.402. The highest BCUT2D eigenvalue weighted by Gasteiger charge is 2.25. The van der Waals surface area contributed by atoms with Gasteiger partial charge >= 0.3 is 0 Å². The zero-order chi connectivity index (χ0) is 14.3. The average molecular weight is 311 g/mol. The summed E-state index contributed by atoms with van der Waals surface area (Å²) in [5.41, 5.74) is 2.65. The van der Waals surface area contributed by atoms with Gasteiger partial charge in [0.1, 0.15) is 10.3 Å². The van der Waals surface area contributed by atoms with Crippen LogP contribution in [0.1, 0.15) is 42.9 Å². The van der Waals surface area contributed by atoms with E-state index in [0.29, 0.717) is 22.0 Å². The summed E-state index contributed by atoms with van der Waals surface area (Å²) in [6, 6.07) is 0. The van der Waals surface area contributed by atoms with E-state index in [2.05, 4.69) is 15.1 Å². The maximum atomic E-state index is 6.36. The predicted molar refractivity (Wildman–Crippen MR) is 80.2 cm³/mol. The lowest BCUT2D eigenvalue weighted by atomic mass is 10.0. The lowest BCUT2D eigenvalue weighted by molar-refractivity contribution is 0.715. The largest absolute Gasteiger partial charge is 0.275 e. The van der Waals surface area contributed by atoms with Crippen LogP contribution in [0.4, 0.5) is 0 Å². The van der Waals surface area contributed by atoms with Crippen LogP contribution in [0.5, 0.6) is 0 Å². The van der Waals surface area contributed by atoms with Crippen LogP contribution in [0, 0.1) is 6.92 Å². The highest BCUT2D eigenvalue weighted by molar-refractivity contribution is 6.34. The Morgan fingerprint density at radius 2 is 1.75 bits per heavy atom. The molecule has 1 aliphatic rings. The van der Waals surface area contributed by atoms with Gasteiger partial charge in [0.15, 0.2) is 5.82 Å². The van der Waals surface area contributed by atoms with Crippen LogP contribution in [0.3, 0.4) is 0 Å². The maximum absolute atomic E-state index is 6.36. The smallest absolute Gasteiger partial charge is 0.165 e. The van der Waals surface area contributed by atoms with Crippen molar-refractivity contribution in [2.45, 2.75) is 38.5 Å². The molecule has 0 saturated heterocycles. The van der Waals surface area contributed by atoms with Gasteiger partial charge in [-0.05, 0) is 25.7 Å². The molecule has 3 rings (SSSR count). The van der Waals surface area contributed by atoms with Crippen LogP contribution in [-0.2, 0) is 7.05 Å². The lowest BCUT2D eigenvalue weighted by Gasteiger charge is -2.13. The molecule has 0 spiro atoms. The van der Waals surface area contributed by atoms with E-state index in [4.69, 9.17) is 23.2 Å². The molecule has 0 aliphatic heterocycles. The maximum Gasteiger partial charge on any atom is 0.165 e. The summed E-state index contributed by atoms with van der Waals surface area (Å²) in [5.74, 6) is 0.950. The molecule has 106 valence electrons. The van der Waals surface area contributed by atoms with E-state index in [1.165, 1.54) is 12.8 Å². The molecule has 0 radical (unpaired) electrons. The molecule has 6 heteroatoms. The molecule has 0 bridgehead atoms. The topological polar surface area (TPSA) is 43.6 Å². The summed E-state index contributed by atoms with van der Waals surface area (Å²) in [4.78, 5) is 8.88. The number of hydrogen-bond acceptors (Lipinski definition) is 3. The number of aryl methyl sites for hydroxylation is 2. The fourth-order valence-electron chi connectivity index (χ4n) is 2.91. The van der Waals surface area contributed by atoms with Crippen molar-refractivity contribution in [2.75, 3.05) is 0 Å². The average Bonchev–Trinajstić information content (AvgIpc) is 2.98. The number of nitrogens with zero attached hydrogens (tertiary/aromatic N) is 4. The van der Waals surface area contributed by atoms with Gasteiger partial charge in [-0.3, -0.25) is 4.68 Å². The lowest BCUT2D eigenvalue weighted by Crippen LogP contribution is -2.01. The molecule has 2 heterocycles. The van der Waals surface area contributed by atoms with Gasteiger partial charge in [-0.1, -0.05) is 36.0 Å². The molecule has 1 aliphatic carbocycles. The van der Waals surface area contributed by atoms with Gasteiger partial charge in [0.25, 0.3) is 0 Å². The van der Waals surface area contributed by atoms with Crippen molar-refractivity contribution in [3.8, 4) is 11.4 Å². The van der Waals surface area contributed by atoms with Gasteiger partial charge in [0, 0.05) is 18.8 Å². The summed E-state index contributed by atoms with van der Waals surface area (Å²) in [7, 11) is 1.87. The minimum Gasteiger partial charge on any atom is -0.275 e. The van der Waals surface area contributed by atoms with Gasteiger partial charge in [-0.15, -0.1) is 0 Å². The van der Waals surface area contributed by atoms with Crippen molar-refractivity contribution in [1.82, 2.24) is 19.7 Å². The second-order valence-electron chi connectivity index (χ2n) is 5.33. The van der Waals surface area contributed by atoms with Crippen molar-refractivity contribution in [1.29, 1.82) is 0 Å². The number of aromatic nitrogens is 4. The molecule has 4 nitrogen and oxygen atoms in total. The summed E-state index contributed by atoms with van der Waals surface area (Å²) < 4.78 is 1.74. The number of hydrogen-bond donors (Lipinski definition) is 0. The van der Waals surface area contributed by atoms with Crippen molar-refractivity contribution in [3.63, 3.8) is 0 Å². The molecule has 1 saturated carbocycles. The highest BCUT2D eigenvalue weighted by Crippen LogP contribution is 2.40. The van der Waals surface area contributed by atoms with E-state index in [1.54, 1.807) is 4.68 Å². The zero-order valence-corrected chi connectivity index (χ0v) is 13.0. The summed E-state index contributed by atoms with van der Waals surface area (Å²) >= 11 is 12.7. The first-order chi connectivity index (χ1) is 9.56. The normalized spacial score (nSPS) is 16.0. The fraction of sp³-hybridized carbons (Fsp3) is 0.500. The molecule has 0 amide bonds. The van der Waals surface area contributed by atoms with Gasteiger partial charge in [-0.2, -0.15) is 5.10 Å². The van der Waals surface area contributed by atoms with Gasteiger partial charge < -0.3 is 0 Å². The molecule has 0 aromatic carbocycles. The van der Waals surface area contributed by atoms with Gasteiger partial charge in [0.05, 0.1) is 11.3 Å². The third kappa shape index (κ3) is 2.42. The second kappa shape index (κ2) is 5.34. The number of rotatable bonds is 2. The Labute approximate surface area is 128 Å². The Morgan fingerprint density at radius 1 is 1.15 bits per heavy atom. The minimum absolute atomic E-state index is 0.402. The van der Waals surface area contributed by atoms with Crippen LogP contribution < -0.4 is 0 Å². The van der Waals surface area contributed by atoms with Crippen molar-refractivity contribution >= 4 is 23.2 Å². The van der Waals surface area contributed by atoms with Gasteiger partial charge in [-0.25, -0.2) is 9.97 Å². The molecule has 0 atom stereocenters. The quantitative estimate of drug-likeness (QED) is 0.783. The predicted octanol–water partition coefficient (Wildman–Crippen LogP) is 4.15. The zero-order valence-electron chi connectivity index (χ0n) is 11.5. The summed E-state index contributed by atoms with van der Waals surface area (Å²) in [5, 5.41) is 5.26. The Morgan fingerprint density at radius 3 is 2.25 bits per heavy atom. The van der Waals surface area contributed by atoms with Crippen molar-refractivity contribution in [3.05, 3.63) is 27.8 Å². The van der Waals surface area contributed by atoms with Gasteiger partial charge in [0.2, 0.25) is 0 Å². The second-order valence-corrected chi connectivity index (χ2v) is 6.04. The van der Waals surface area contributed by atoms with Crippen LogP contribution >= 0.6 is 23.2 Å². The molecule has 0 unspecified atom stereocenters. The first-order valence-electron chi connectivity index (χ1n) is 6.80. The SMILES string of the molecule is Cc1nn(C)cc1-c1nc(Cl)c(C2CCCC2)c(Cl)n1. The molecule has 2 aromatic rings. The van der Waals surface area contributed by atoms with Crippen molar-refractivity contribution in [2.24, 2.45) is 7.05 Å². The van der Waals surface area contributed by atoms with E-state index in [-0.39, 0.29) is 0 Å². The van der Waals surface area contributed by atoms with E-state index in [1.807, 2.05) is 20.2 Å². The fourth-order valence-corrected chi connectivity index (χ4v) is 3.60. The molecule has 0 N–H and O–H groups in total. The standard InChI is InChI=1S/C14H16Cl2N4/c1-8-10(7-20(2)19-8)14-17-12(15)11(13(16)18-14)9-5-3-4-6-9/h7,9H,3-6H2,1-2H3.